The van der Waals surface area contributed by atoms with Crippen LogP contribution in [0, 0.1) is 20.2 Å². The second-order valence-corrected chi connectivity index (χ2v) is 6.11. The van der Waals surface area contributed by atoms with Crippen molar-refractivity contribution in [1.82, 2.24) is 9.78 Å². The van der Waals surface area contributed by atoms with Gasteiger partial charge in [-0.1, -0.05) is 30.3 Å². The Kier molecular flexibility index (Phi) is 6.01. The fourth-order valence-corrected chi connectivity index (χ4v) is 2.77. The Morgan fingerprint density at radius 1 is 1.13 bits per heavy atom. The first kappa shape index (κ1) is 20.5. The predicted molar refractivity (Wildman–Crippen MR) is 107 cm³/mol. The quantitative estimate of drug-likeness (QED) is 0.336. The number of hydrogen-bond acceptors (Lipinski definition) is 8. The van der Waals surface area contributed by atoms with Gasteiger partial charge in [0.1, 0.15) is 17.1 Å². The molecule has 0 radical (unpaired) electrons. The van der Waals surface area contributed by atoms with Crippen LogP contribution >= 0.6 is 0 Å². The summed E-state index contributed by atoms with van der Waals surface area (Å²) in [6.07, 6.45) is 1.31. The molecule has 1 N–H and O–H groups in total. The third kappa shape index (κ3) is 4.41. The Hall–Kier alpha value is -4.28. The second kappa shape index (κ2) is 8.82. The van der Waals surface area contributed by atoms with Gasteiger partial charge in [0.05, 0.1) is 35.3 Å². The van der Waals surface area contributed by atoms with Crippen molar-refractivity contribution in [1.29, 1.82) is 0 Å². The van der Waals surface area contributed by atoms with Crippen LogP contribution in [-0.4, -0.2) is 32.2 Å². The highest BCUT2D eigenvalue weighted by Gasteiger charge is 2.24. The van der Waals surface area contributed by atoms with Gasteiger partial charge in [-0.15, -0.1) is 0 Å². The number of benzene rings is 2. The van der Waals surface area contributed by atoms with Crippen LogP contribution in [0.2, 0.25) is 0 Å². The van der Waals surface area contributed by atoms with E-state index >= 15 is 0 Å². The highest BCUT2D eigenvalue weighted by Crippen LogP contribution is 2.32. The van der Waals surface area contributed by atoms with E-state index in [4.69, 9.17) is 4.74 Å². The van der Waals surface area contributed by atoms with Gasteiger partial charge in [0.15, 0.2) is 0 Å². The van der Waals surface area contributed by atoms with Gasteiger partial charge >= 0.3 is 5.97 Å². The van der Waals surface area contributed by atoms with Crippen LogP contribution in [0.5, 0.6) is 0 Å². The summed E-state index contributed by atoms with van der Waals surface area (Å²) in [5.74, 6) is -0.474. The number of nitrogens with zero attached hydrogens (tertiary/aromatic N) is 4. The van der Waals surface area contributed by atoms with Crippen molar-refractivity contribution in [3.8, 4) is 0 Å². The number of nitro benzene ring substituents is 2. The van der Waals surface area contributed by atoms with Gasteiger partial charge < -0.3 is 10.1 Å². The van der Waals surface area contributed by atoms with Crippen molar-refractivity contribution < 1.29 is 19.4 Å². The van der Waals surface area contributed by atoms with Gasteiger partial charge in [0, 0.05) is 6.07 Å². The van der Waals surface area contributed by atoms with Crippen molar-refractivity contribution in [2.75, 3.05) is 11.9 Å². The third-order valence-electron chi connectivity index (χ3n) is 4.15. The molecule has 0 saturated carbocycles. The number of hydrogen-bond donors (Lipinski definition) is 1. The number of aromatic nitrogens is 2. The first-order chi connectivity index (χ1) is 14.4. The molecule has 1 aromatic heterocycles. The Morgan fingerprint density at radius 2 is 1.87 bits per heavy atom. The number of esters is 1. The fraction of sp³-hybridized carbons (Fsp3) is 0.158. The zero-order valence-corrected chi connectivity index (χ0v) is 15.8. The van der Waals surface area contributed by atoms with Crippen molar-refractivity contribution in [2.45, 2.75) is 13.5 Å². The third-order valence-corrected chi connectivity index (χ3v) is 4.15. The topological polar surface area (TPSA) is 142 Å². The van der Waals surface area contributed by atoms with E-state index in [1.54, 1.807) is 6.92 Å². The van der Waals surface area contributed by atoms with Crippen molar-refractivity contribution >= 4 is 28.8 Å². The molecule has 0 unspecified atom stereocenters. The van der Waals surface area contributed by atoms with Gasteiger partial charge in [0.2, 0.25) is 0 Å². The molecule has 3 aromatic rings. The molecule has 0 saturated heterocycles. The number of non-ortho nitro benzene ring substituents is 1. The average molecular weight is 411 g/mol. The minimum atomic E-state index is -0.739. The number of nitro groups is 2. The SMILES string of the molecule is CCOC(=O)c1cnn(Cc2ccccc2)c1Nc1ccc([N+](=O)[O-])cc1[N+](=O)[O-]. The molecule has 0 bridgehead atoms. The van der Waals surface area contributed by atoms with E-state index in [0.717, 1.165) is 17.7 Å². The number of carbonyl (C=O) groups excluding carboxylic acids is 1. The van der Waals surface area contributed by atoms with Gasteiger partial charge in [-0.2, -0.15) is 5.10 Å². The molecule has 2 aromatic carbocycles. The number of carbonyl (C=O) groups is 1. The lowest BCUT2D eigenvalue weighted by Crippen LogP contribution is -2.11. The van der Waals surface area contributed by atoms with Gasteiger partial charge in [-0.05, 0) is 18.6 Å². The van der Waals surface area contributed by atoms with Crippen molar-refractivity contribution in [2.24, 2.45) is 0 Å². The summed E-state index contributed by atoms with van der Waals surface area (Å²) in [6, 6.07) is 12.5. The first-order valence-electron chi connectivity index (χ1n) is 8.87. The molecule has 11 nitrogen and oxygen atoms in total. The summed E-state index contributed by atoms with van der Waals surface area (Å²) < 4.78 is 6.51. The van der Waals surface area contributed by atoms with Gasteiger partial charge in [-0.25, -0.2) is 9.48 Å². The molecule has 0 spiro atoms. The lowest BCUT2D eigenvalue weighted by atomic mass is 10.2. The number of ether oxygens (including phenoxy) is 1. The first-order valence-corrected chi connectivity index (χ1v) is 8.87. The van der Waals surface area contributed by atoms with E-state index in [0.29, 0.717) is 0 Å². The van der Waals surface area contributed by atoms with Crippen LogP contribution in [-0.2, 0) is 11.3 Å². The zero-order valence-electron chi connectivity index (χ0n) is 15.8. The summed E-state index contributed by atoms with van der Waals surface area (Å²) in [7, 11) is 0. The van der Waals surface area contributed by atoms with E-state index in [2.05, 4.69) is 10.4 Å². The van der Waals surface area contributed by atoms with Gasteiger partial charge in [-0.3, -0.25) is 20.2 Å². The summed E-state index contributed by atoms with van der Waals surface area (Å²) in [5, 5.41) is 29.5. The summed E-state index contributed by atoms with van der Waals surface area (Å²) >= 11 is 0. The largest absolute Gasteiger partial charge is 0.462 e. The lowest BCUT2D eigenvalue weighted by molar-refractivity contribution is -0.393. The maximum atomic E-state index is 12.3. The molecule has 11 heteroatoms. The summed E-state index contributed by atoms with van der Waals surface area (Å²) in [6.45, 7) is 2.07. The molecule has 0 aliphatic rings. The van der Waals surface area contributed by atoms with E-state index in [-0.39, 0.29) is 30.2 Å². The van der Waals surface area contributed by atoms with Crippen LogP contribution in [0.25, 0.3) is 0 Å². The predicted octanol–water partition coefficient (Wildman–Crippen LogP) is 3.67. The van der Waals surface area contributed by atoms with Crippen LogP contribution in [0.1, 0.15) is 22.8 Å². The van der Waals surface area contributed by atoms with Crippen molar-refractivity contribution in [3.63, 3.8) is 0 Å². The molecule has 154 valence electrons. The number of nitrogens with one attached hydrogen (secondary N) is 1. The lowest BCUT2D eigenvalue weighted by Gasteiger charge is -2.12. The standard InChI is InChI=1S/C19H17N5O6/c1-2-30-19(25)15-11-20-22(12-13-6-4-3-5-7-13)18(15)21-16-9-8-14(23(26)27)10-17(16)24(28)29/h3-11,21H,2,12H2,1H3. The maximum Gasteiger partial charge on any atom is 0.343 e. The maximum absolute atomic E-state index is 12.3. The van der Waals surface area contributed by atoms with E-state index in [1.807, 2.05) is 30.3 Å². The van der Waals surface area contributed by atoms with E-state index in [1.165, 1.54) is 16.9 Å². The Balaban J connectivity index is 2.05. The Morgan fingerprint density at radius 3 is 2.50 bits per heavy atom. The molecule has 3 rings (SSSR count). The number of rotatable bonds is 8. The average Bonchev–Trinajstić information content (AvgIpc) is 3.11. The molecule has 0 amide bonds. The van der Waals surface area contributed by atoms with Crippen LogP contribution in [0.15, 0.2) is 54.7 Å². The van der Waals surface area contributed by atoms with Gasteiger partial charge in [0.25, 0.3) is 11.4 Å². The molecular weight excluding hydrogens is 394 g/mol. The monoisotopic (exact) mass is 411 g/mol. The van der Waals surface area contributed by atoms with E-state index < -0.39 is 27.2 Å². The normalized spacial score (nSPS) is 10.4. The highest BCUT2D eigenvalue weighted by atomic mass is 16.6. The smallest absolute Gasteiger partial charge is 0.343 e. The molecule has 0 aliphatic carbocycles. The summed E-state index contributed by atoms with van der Waals surface area (Å²) in [5.41, 5.74) is 0.0192. The fourth-order valence-electron chi connectivity index (χ4n) is 2.77. The minimum absolute atomic E-state index is 0.0223. The number of anilines is 2. The minimum Gasteiger partial charge on any atom is -0.462 e. The molecule has 0 aliphatic heterocycles. The van der Waals surface area contributed by atoms with Crippen LogP contribution in [0.3, 0.4) is 0 Å². The Labute approximate surface area is 170 Å². The molecular formula is C19H17N5O6. The molecule has 1 heterocycles. The zero-order chi connectivity index (χ0) is 21.7. The molecule has 30 heavy (non-hydrogen) atoms. The van der Waals surface area contributed by atoms with Crippen LogP contribution < -0.4 is 5.32 Å². The van der Waals surface area contributed by atoms with Crippen molar-refractivity contribution in [3.05, 3.63) is 86.1 Å². The summed E-state index contributed by atoms with van der Waals surface area (Å²) in [4.78, 5) is 33.3. The molecule has 0 atom stereocenters. The van der Waals surface area contributed by atoms with E-state index in [9.17, 15) is 25.0 Å². The Bertz CT molecular complexity index is 1100. The highest BCUT2D eigenvalue weighted by molar-refractivity contribution is 5.95. The molecule has 0 fully saturated rings. The van der Waals surface area contributed by atoms with Crippen LogP contribution in [0.4, 0.5) is 22.9 Å². The second-order valence-electron chi connectivity index (χ2n) is 6.11.